The SMILES string of the molecule is CCN(C(=O)N(C)C)/C(C)=C\C=O. The van der Waals surface area contributed by atoms with Crippen LogP contribution in [0.1, 0.15) is 13.8 Å². The minimum absolute atomic E-state index is 0.113. The first-order chi connectivity index (χ1) is 6.04. The fourth-order valence-electron chi connectivity index (χ4n) is 0.965. The van der Waals surface area contributed by atoms with E-state index < -0.39 is 0 Å². The number of nitrogens with zero attached hydrogens (tertiary/aromatic N) is 2. The largest absolute Gasteiger partial charge is 0.330 e. The minimum atomic E-state index is -0.113. The van der Waals surface area contributed by atoms with Crippen LogP contribution >= 0.6 is 0 Å². The smallest absolute Gasteiger partial charge is 0.323 e. The Morgan fingerprint density at radius 2 is 1.92 bits per heavy atom. The van der Waals surface area contributed by atoms with E-state index in [9.17, 15) is 9.59 Å². The van der Waals surface area contributed by atoms with E-state index >= 15 is 0 Å². The van der Waals surface area contributed by atoms with Crippen LogP contribution in [0.25, 0.3) is 0 Å². The molecule has 13 heavy (non-hydrogen) atoms. The average molecular weight is 184 g/mol. The maximum absolute atomic E-state index is 11.5. The van der Waals surface area contributed by atoms with Crippen molar-refractivity contribution in [1.82, 2.24) is 9.80 Å². The number of urea groups is 1. The second-order valence-corrected chi connectivity index (χ2v) is 2.87. The van der Waals surface area contributed by atoms with E-state index in [0.29, 0.717) is 18.5 Å². The molecule has 0 spiro atoms. The van der Waals surface area contributed by atoms with Crippen LogP contribution in [0.5, 0.6) is 0 Å². The maximum Gasteiger partial charge on any atom is 0.323 e. The zero-order chi connectivity index (χ0) is 10.4. The van der Waals surface area contributed by atoms with E-state index in [0.717, 1.165) is 0 Å². The van der Waals surface area contributed by atoms with Gasteiger partial charge in [0, 0.05) is 26.3 Å². The van der Waals surface area contributed by atoms with Gasteiger partial charge in [-0.1, -0.05) is 0 Å². The predicted octanol–water partition coefficient (Wildman–Crippen LogP) is 1.09. The predicted molar refractivity (Wildman–Crippen MR) is 51.3 cm³/mol. The van der Waals surface area contributed by atoms with Crippen molar-refractivity contribution in [3.05, 3.63) is 11.8 Å². The molecule has 0 radical (unpaired) electrons. The third-order valence-corrected chi connectivity index (χ3v) is 1.66. The van der Waals surface area contributed by atoms with Crippen LogP contribution in [0, 0.1) is 0 Å². The van der Waals surface area contributed by atoms with Gasteiger partial charge in [0.1, 0.15) is 6.29 Å². The molecule has 0 unspecified atom stereocenters. The van der Waals surface area contributed by atoms with Gasteiger partial charge in [-0.3, -0.25) is 9.69 Å². The van der Waals surface area contributed by atoms with Crippen molar-refractivity contribution in [2.45, 2.75) is 13.8 Å². The fourth-order valence-corrected chi connectivity index (χ4v) is 0.965. The number of carbonyl (C=O) groups excluding carboxylic acids is 2. The maximum atomic E-state index is 11.5. The summed E-state index contributed by atoms with van der Waals surface area (Å²) in [7, 11) is 3.36. The molecule has 0 saturated carbocycles. The van der Waals surface area contributed by atoms with Crippen LogP contribution in [0.15, 0.2) is 11.8 Å². The lowest BCUT2D eigenvalue weighted by Crippen LogP contribution is -2.37. The van der Waals surface area contributed by atoms with Crippen molar-refractivity contribution in [2.75, 3.05) is 20.6 Å². The number of hydrogen-bond donors (Lipinski definition) is 0. The summed E-state index contributed by atoms with van der Waals surface area (Å²) in [5.74, 6) is 0. The van der Waals surface area contributed by atoms with E-state index in [1.165, 1.54) is 15.9 Å². The molecule has 0 N–H and O–H groups in total. The van der Waals surface area contributed by atoms with Crippen LogP contribution in [-0.2, 0) is 4.79 Å². The summed E-state index contributed by atoms with van der Waals surface area (Å²) in [5, 5.41) is 0. The van der Waals surface area contributed by atoms with E-state index in [4.69, 9.17) is 0 Å². The van der Waals surface area contributed by atoms with Gasteiger partial charge in [0.05, 0.1) is 0 Å². The molecule has 0 atom stereocenters. The quantitative estimate of drug-likeness (QED) is 0.486. The number of rotatable bonds is 3. The summed E-state index contributed by atoms with van der Waals surface area (Å²) in [6.45, 7) is 4.16. The van der Waals surface area contributed by atoms with Crippen LogP contribution < -0.4 is 0 Å². The summed E-state index contributed by atoms with van der Waals surface area (Å²) in [6, 6.07) is -0.113. The van der Waals surface area contributed by atoms with Crippen LogP contribution in [0.2, 0.25) is 0 Å². The van der Waals surface area contributed by atoms with Gasteiger partial charge in [-0.25, -0.2) is 4.79 Å². The third kappa shape index (κ3) is 3.27. The first kappa shape index (κ1) is 11.7. The van der Waals surface area contributed by atoms with E-state index in [2.05, 4.69) is 0 Å². The minimum Gasteiger partial charge on any atom is -0.330 e. The first-order valence-corrected chi connectivity index (χ1v) is 4.15. The molecule has 0 aromatic heterocycles. The van der Waals surface area contributed by atoms with Gasteiger partial charge in [0.2, 0.25) is 0 Å². The topological polar surface area (TPSA) is 40.6 Å². The molecule has 2 amide bonds. The highest BCUT2D eigenvalue weighted by Crippen LogP contribution is 2.04. The van der Waals surface area contributed by atoms with E-state index in [-0.39, 0.29) is 6.03 Å². The van der Waals surface area contributed by atoms with E-state index in [1.807, 2.05) is 6.92 Å². The van der Waals surface area contributed by atoms with E-state index in [1.54, 1.807) is 21.0 Å². The Morgan fingerprint density at radius 1 is 1.38 bits per heavy atom. The third-order valence-electron chi connectivity index (χ3n) is 1.66. The van der Waals surface area contributed by atoms with Gasteiger partial charge in [0.25, 0.3) is 0 Å². The summed E-state index contributed by atoms with van der Waals surface area (Å²) in [4.78, 5) is 24.7. The molecule has 0 fully saturated rings. The van der Waals surface area contributed by atoms with Crippen molar-refractivity contribution >= 4 is 12.3 Å². The molecule has 0 aromatic carbocycles. The number of amides is 2. The number of carbonyl (C=O) groups is 2. The summed E-state index contributed by atoms with van der Waals surface area (Å²) in [6.07, 6.45) is 2.06. The summed E-state index contributed by atoms with van der Waals surface area (Å²) >= 11 is 0. The zero-order valence-corrected chi connectivity index (χ0v) is 8.57. The van der Waals surface area contributed by atoms with Gasteiger partial charge < -0.3 is 4.90 Å². The lowest BCUT2D eigenvalue weighted by molar-refractivity contribution is -0.104. The first-order valence-electron chi connectivity index (χ1n) is 4.15. The standard InChI is InChI=1S/C9H16N2O2/c1-5-11(8(2)6-7-12)9(13)10(3)4/h6-7H,5H2,1-4H3/b8-6-. The Bertz CT molecular complexity index is 222. The summed E-state index contributed by atoms with van der Waals surface area (Å²) in [5.41, 5.74) is 0.663. The van der Waals surface area contributed by atoms with Crippen molar-refractivity contribution in [3.8, 4) is 0 Å². The monoisotopic (exact) mass is 184 g/mol. The van der Waals surface area contributed by atoms with Crippen LogP contribution in [0.4, 0.5) is 4.79 Å². The summed E-state index contributed by atoms with van der Waals surface area (Å²) < 4.78 is 0. The molecule has 0 aliphatic carbocycles. The molecule has 0 rings (SSSR count). The Balaban J connectivity index is 4.60. The molecule has 74 valence electrons. The molecule has 4 heteroatoms. The highest BCUT2D eigenvalue weighted by molar-refractivity contribution is 5.77. The lowest BCUT2D eigenvalue weighted by Gasteiger charge is -2.24. The van der Waals surface area contributed by atoms with Crippen LogP contribution in [0.3, 0.4) is 0 Å². The van der Waals surface area contributed by atoms with Crippen molar-refractivity contribution in [1.29, 1.82) is 0 Å². The van der Waals surface area contributed by atoms with Gasteiger partial charge in [0.15, 0.2) is 0 Å². The Morgan fingerprint density at radius 3 is 2.23 bits per heavy atom. The lowest BCUT2D eigenvalue weighted by atomic mass is 10.4. The second kappa shape index (κ2) is 5.35. The molecule has 0 aliphatic heterocycles. The Hall–Kier alpha value is -1.32. The number of aldehydes is 1. The highest BCUT2D eigenvalue weighted by Gasteiger charge is 2.14. The molecule has 0 aliphatic rings. The van der Waals surface area contributed by atoms with Gasteiger partial charge in [-0.15, -0.1) is 0 Å². The van der Waals surface area contributed by atoms with Crippen molar-refractivity contribution in [3.63, 3.8) is 0 Å². The Labute approximate surface area is 78.8 Å². The normalized spacial score (nSPS) is 10.9. The van der Waals surface area contributed by atoms with Crippen LogP contribution in [-0.4, -0.2) is 42.8 Å². The van der Waals surface area contributed by atoms with Gasteiger partial charge in [-0.05, 0) is 19.9 Å². The van der Waals surface area contributed by atoms with Gasteiger partial charge in [-0.2, -0.15) is 0 Å². The second-order valence-electron chi connectivity index (χ2n) is 2.87. The van der Waals surface area contributed by atoms with Crippen molar-refractivity contribution in [2.24, 2.45) is 0 Å². The molecule has 0 saturated heterocycles. The molecule has 4 nitrogen and oxygen atoms in total. The number of allylic oxidation sites excluding steroid dienone is 2. The highest BCUT2D eigenvalue weighted by atomic mass is 16.2. The fraction of sp³-hybridized carbons (Fsp3) is 0.556. The number of hydrogen-bond acceptors (Lipinski definition) is 2. The van der Waals surface area contributed by atoms with Crippen molar-refractivity contribution < 1.29 is 9.59 Å². The van der Waals surface area contributed by atoms with Gasteiger partial charge >= 0.3 is 6.03 Å². The molecule has 0 heterocycles. The molecular weight excluding hydrogens is 168 g/mol. The molecule has 0 bridgehead atoms. The molecule has 0 aromatic rings. The Kier molecular flexibility index (Phi) is 4.80. The average Bonchev–Trinajstić information content (AvgIpc) is 2.05. The zero-order valence-electron chi connectivity index (χ0n) is 8.57. The molecular formula is C9H16N2O2.